The summed E-state index contributed by atoms with van der Waals surface area (Å²) < 4.78 is 19.7. The molecule has 2 aromatic rings. The molecular weight excluding hydrogens is 367 g/mol. The van der Waals surface area contributed by atoms with Crippen LogP contribution in [0.15, 0.2) is 30.6 Å². The van der Waals surface area contributed by atoms with E-state index in [4.69, 9.17) is 16.3 Å². The Morgan fingerprint density at radius 3 is 2.92 bits per heavy atom. The van der Waals surface area contributed by atoms with Gasteiger partial charge in [0.1, 0.15) is 5.82 Å². The Hall–Kier alpha value is -2.65. The van der Waals surface area contributed by atoms with Gasteiger partial charge in [-0.15, -0.1) is 0 Å². The normalized spacial score (nSPS) is 19.7. The number of rotatable bonds is 4. The number of nitrogens with one attached hydrogen (secondary N) is 1. The molecule has 1 aromatic heterocycles. The van der Waals surface area contributed by atoms with Crippen LogP contribution < -0.4 is 10.2 Å². The van der Waals surface area contributed by atoms with Crippen LogP contribution in [0.25, 0.3) is 0 Å². The summed E-state index contributed by atoms with van der Waals surface area (Å²) >= 11 is 5.74. The second-order valence-electron chi connectivity index (χ2n) is 5.88. The third kappa shape index (κ3) is 3.78. The Kier molecular flexibility index (Phi) is 4.84. The van der Waals surface area contributed by atoms with E-state index in [9.17, 15) is 19.1 Å². The topological polar surface area (TPSA) is 96.7 Å². The Bertz CT molecular complexity index is 838. The average Bonchev–Trinajstić information content (AvgIpc) is 3.09. The molecule has 0 radical (unpaired) electrons. The zero-order chi connectivity index (χ0) is 18.9. The molecule has 2 heterocycles. The third-order valence-electron chi connectivity index (χ3n) is 3.88. The summed E-state index contributed by atoms with van der Waals surface area (Å²) in [5, 5.41) is 16.9. The van der Waals surface area contributed by atoms with E-state index < -0.39 is 23.6 Å². The van der Waals surface area contributed by atoms with Gasteiger partial charge < -0.3 is 20.1 Å². The molecule has 0 spiro atoms. The molecule has 1 saturated heterocycles. The van der Waals surface area contributed by atoms with Crippen molar-refractivity contribution in [2.24, 2.45) is 7.05 Å². The molecule has 1 fully saturated rings. The van der Waals surface area contributed by atoms with Crippen LogP contribution >= 0.6 is 11.6 Å². The van der Waals surface area contributed by atoms with Gasteiger partial charge in [-0.05, 0) is 23.8 Å². The van der Waals surface area contributed by atoms with Crippen LogP contribution in [0.4, 0.5) is 14.9 Å². The number of carbonyl (C=O) groups excluding carboxylic acids is 2. The largest absolute Gasteiger partial charge is 0.410 e. The molecule has 138 valence electrons. The Morgan fingerprint density at radius 1 is 1.50 bits per heavy atom. The summed E-state index contributed by atoms with van der Waals surface area (Å²) in [6.07, 6.45) is 1.99. The number of amides is 2. The third-order valence-corrected chi connectivity index (χ3v) is 4.10. The highest BCUT2D eigenvalue weighted by molar-refractivity contribution is 6.30. The van der Waals surface area contributed by atoms with Gasteiger partial charge in [0, 0.05) is 37.8 Å². The van der Waals surface area contributed by atoms with Gasteiger partial charge in [0.05, 0.1) is 11.9 Å². The van der Waals surface area contributed by atoms with Crippen LogP contribution in [0, 0.1) is 5.82 Å². The summed E-state index contributed by atoms with van der Waals surface area (Å²) in [4.78, 5) is 25.6. The molecule has 10 heteroatoms. The molecule has 1 aliphatic heterocycles. The Balaban J connectivity index is 1.60. The van der Waals surface area contributed by atoms with Crippen molar-refractivity contribution in [3.8, 4) is 0 Å². The van der Waals surface area contributed by atoms with Crippen LogP contribution in [0.5, 0.6) is 0 Å². The quantitative estimate of drug-likeness (QED) is 0.782. The maximum Gasteiger partial charge on any atom is 0.410 e. The molecule has 0 aliphatic carbocycles. The molecule has 8 nitrogen and oxygen atoms in total. The molecule has 1 aliphatic rings. The van der Waals surface area contributed by atoms with E-state index in [0.717, 1.165) is 6.07 Å². The minimum Gasteiger partial charge on any atom is -0.407 e. The van der Waals surface area contributed by atoms with Crippen LogP contribution in [-0.2, 0) is 23.1 Å². The van der Waals surface area contributed by atoms with Crippen molar-refractivity contribution in [3.05, 3.63) is 47.0 Å². The number of hydrogen-bond acceptors (Lipinski definition) is 5. The second kappa shape index (κ2) is 6.93. The van der Waals surface area contributed by atoms with Crippen molar-refractivity contribution in [2.45, 2.75) is 18.8 Å². The summed E-state index contributed by atoms with van der Waals surface area (Å²) in [7, 11) is 1.69. The van der Waals surface area contributed by atoms with Crippen molar-refractivity contribution in [1.29, 1.82) is 0 Å². The number of halogens is 2. The average molecular weight is 383 g/mol. The SMILES string of the molecule is Cn1cc(N2CC[C@@](O)(OC(=O)NCc3cc(F)cc(Cl)c3)C2=O)cn1. The summed E-state index contributed by atoms with van der Waals surface area (Å²) in [6.45, 7) is 0.0979. The van der Waals surface area contributed by atoms with Crippen molar-refractivity contribution < 1.29 is 23.8 Å². The fourth-order valence-corrected chi connectivity index (χ4v) is 2.89. The number of alkyl carbamates (subject to hydrolysis) is 1. The zero-order valence-corrected chi connectivity index (χ0v) is 14.5. The summed E-state index contributed by atoms with van der Waals surface area (Å²) in [5.41, 5.74) is 0.903. The van der Waals surface area contributed by atoms with Crippen molar-refractivity contribution in [3.63, 3.8) is 0 Å². The highest BCUT2D eigenvalue weighted by Gasteiger charge is 2.49. The lowest BCUT2D eigenvalue weighted by Gasteiger charge is -2.21. The van der Waals surface area contributed by atoms with Crippen LogP contribution in [0.2, 0.25) is 5.02 Å². The molecule has 2 amide bonds. The summed E-state index contributed by atoms with van der Waals surface area (Å²) in [6, 6.07) is 3.81. The number of anilines is 1. The van der Waals surface area contributed by atoms with E-state index in [0.29, 0.717) is 11.3 Å². The number of carbonyl (C=O) groups is 2. The Labute approximate surface area is 153 Å². The molecule has 0 saturated carbocycles. The first-order chi connectivity index (χ1) is 12.3. The first-order valence-corrected chi connectivity index (χ1v) is 8.09. The minimum absolute atomic E-state index is 0.0765. The zero-order valence-electron chi connectivity index (χ0n) is 13.8. The van der Waals surface area contributed by atoms with Crippen LogP contribution in [0.1, 0.15) is 12.0 Å². The number of aryl methyl sites for hydroxylation is 1. The second-order valence-corrected chi connectivity index (χ2v) is 6.32. The lowest BCUT2D eigenvalue weighted by atomic mass is 10.2. The molecule has 3 rings (SSSR count). The van der Waals surface area contributed by atoms with Gasteiger partial charge in [0.2, 0.25) is 0 Å². The van der Waals surface area contributed by atoms with Gasteiger partial charge in [0.15, 0.2) is 0 Å². The van der Waals surface area contributed by atoms with Crippen molar-refractivity contribution in [2.75, 3.05) is 11.4 Å². The maximum absolute atomic E-state index is 13.3. The van der Waals surface area contributed by atoms with Crippen LogP contribution in [0.3, 0.4) is 0 Å². The molecule has 2 N–H and O–H groups in total. The number of aromatic nitrogens is 2. The molecule has 1 atom stereocenters. The molecular formula is C16H16ClFN4O4. The fraction of sp³-hybridized carbons (Fsp3) is 0.312. The lowest BCUT2D eigenvalue weighted by molar-refractivity contribution is -0.175. The van der Waals surface area contributed by atoms with E-state index in [1.165, 1.54) is 27.9 Å². The number of aliphatic hydroxyl groups is 1. The fourth-order valence-electron chi connectivity index (χ4n) is 2.65. The predicted molar refractivity (Wildman–Crippen MR) is 89.9 cm³/mol. The first-order valence-electron chi connectivity index (χ1n) is 7.72. The van der Waals surface area contributed by atoms with E-state index in [-0.39, 0.29) is 24.5 Å². The van der Waals surface area contributed by atoms with Gasteiger partial charge in [-0.3, -0.25) is 9.48 Å². The van der Waals surface area contributed by atoms with E-state index in [2.05, 4.69) is 10.4 Å². The van der Waals surface area contributed by atoms with E-state index in [1.807, 2.05) is 0 Å². The predicted octanol–water partition coefficient (Wildman–Crippen LogP) is 1.56. The first kappa shape index (κ1) is 18.2. The number of hydrogen-bond donors (Lipinski definition) is 2. The number of nitrogens with zero attached hydrogens (tertiary/aromatic N) is 3. The van der Waals surface area contributed by atoms with Crippen molar-refractivity contribution >= 4 is 29.3 Å². The smallest absolute Gasteiger partial charge is 0.407 e. The lowest BCUT2D eigenvalue weighted by Crippen LogP contribution is -2.46. The van der Waals surface area contributed by atoms with Gasteiger partial charge in [-0.1, -0.05) is 11.6 Å². The van der Waals surface area contributed by atoms with Gasteiger partial charge >= 0.3 is 6.09 Å². The molecule has 1 aromatic carbocycles. The van der Waals surface area contributed by atoms with Crippen LogP contribution in [-0.4, -0.2) is 39.2 Å². The number of benzene rings is 1. The highest BCUT2D eigenvalue weighted by Crippen LogP contribution is 2.29. The van der Waals surface area contributed by atoms with E-state index in [1.54, 1.807) is 13.2 Å². The molecule has 26 heavy (non-hydrogen) atoms. The van der Waals surface area contributed by atoms with Gasteiger partial charge in [0.25, 0.3) is 11.7 Å². The Morgan fingerprint density at radius 2 is 2.27 bits per heavy atom. The number of ether oxygens (including phenoxy) is 1. The van der Waals surface area contributed by atoms with Gasteiger partial charge in [-0.25, -0.2) is 9.18 Å². The maximum atomic E-state index is 13.3. The van der Waals surface area contributed by atoms with E-state index >= 15 is 0 Å². The standard InChI is InChI=1S/C16H16ClFN4O4/c1-21-9-13(8-20-21)22-3-2-16(25,14(22)23)26-15(24)19-7-10-4-11(17)6-12(18)5-10/h4-6,8-9,25H,2-3,7H2,1H3,(H,19,24)/t16-/m1/s1. The van der Waals surface area contributed by atoms with Crippen molar-refractivity contribution in [1.82, 2.24) is 15.1 Å². The molecule has 0 bridgehead atoms. The monoisotopic (exact) mass is 382 g/mol. The summed E-state index contributed by atoms with van der Waals surface area (Å²) in [5.74, 6) is -3.56. The minimum atomic E-state index is -2.26. The molecule has 0 unspecified atom stereocenters. The van der Waals surface area contributed by atoms with Gasteiger partial charge in [-0.2, -0.15) is 5.10 Å². The highest BCUT2D eigenvalue weighted by atomic mass is 35.5.